The number of nitrogens with zero attached hydrogens (tertiary/aromatic N) is 2. The van der Waals surface area contributed by atoms with E-state index in [9.17, 15) is 14.4 Å². The molecule has 0 spiro atoms. The number of rotatable bonds is 7. The summed E-state index contributed by atoms with van der Waals surface area (Å²) in [6.45, 7) is 8.50. The van der Waals surface area contributed by atoms with Crippen molar-refractivity contribution in [3.8, 4) is 0 Å². The maximum Gasteiger partial charge on any atom is 0.410 e. The highest BCUT2D eigenvalue weighted by atomic mass is 16.6. The maximum absolute atomic E-state index is 12.6. The standard InChI is InChI=1S/C28H37N3O6/c1-28(2,3)37-27(34)30-15-8-9-21(19-30)18-29-17-20-11-13-22(14-12-20)31-16-7-6-10-23(25(32)35-4)24(31)26(33)36-5/h6-7,10-14,16,21,29H,8-9,15,17-19H2,1-5H3. The van der Waals surface area contributed by atoms with Gasteiger partial charge in [-0.05, 0) is 75.9 Å². The molecule has 9 heteroatoms. The summed E-state index contributed by atoms with van der Waals surface area (Å²) in [6.07, 6.45) is 8.41. The lowest BCUT2D eigenvalue weighted by Gasteiger charge is -2.34. The number of allylic oxidation sites excluding steroid dienone is 2. The van der Waals surface area contributed by atoms with Crippen LogP contribution in [0.25, 0.3) is 0 Å². The molecular formula is C28H37N3O6. The molecule has 0 bridgehead atoms. The number of anilines is 1. The Kier molecular flexibility index (Phi) is 9.52. The number of carbonyl (C=O) groups excluding carboxylic acids is 3. The van der Waals surface area contributed by atoms with E-state index in [1.165, 1.54) is 20.3 Å². The zero-order chi connectivity index (χ0) is 27.0. The minimum Gasteiger partial charge on any atom is -0.465 e. The van der Waals surface area contributed by atoms with Crippen LogP contribution in [0.1, 0.15) is 39.2 Å². The van der Waals surface area contributed by atoms with Crippen LogP contribution in [0.15, 0.2) is 60.0 Å². The van der Waals surface area contributed by atoms with Gasteiger partial charge in [0.15, 0.2) is 0 Å². The first kappa shape index (κ1) is 28.0. The van der Waals surface area contributed by atoms with Crippen LogP contribution in [0.5, 0.6) is 0 Å². The van der Waals surface area contributed by atoms with Crippen LogP contribution in [-0.4, -0.2) is 62.4 Å². The monoisotopic (exact) mass is 511 g/mol. The van der Waals surface area contributed by atoms with Crippen molar-refractivity contribution in [3.63, 3.8) is 0 Å². The molecule has 0 aliphatic carbocycles. The van der Waals surface area contributed by atoms with Crippen LogP contribution >= 0.6 is 0 Å². The first-order chi connectivity index (χ1) is 17.6. The number of methoxy groups -OCH3 is 2. The normalized spacial score (nSPS) is 17.9. The van der Waals surface area contributed by atoms with Crippen LogP contribution in [0.3, 0.4) is 0 Å². The van der Waals surface area contributed by atoms with Gasteiger partial charge in [-0.25, -0.2) is 14.4 Å². The van der Waals surface area contributed by atoms with Crippen molar-refractivity contribution in [3.05, 3.63) is 65.5 Å². The summed E-state index contributed by atoms with van der Waals surface area (Å²) < 4.78 is 15.3. The first-order valence-electron chi connectivity index (χ1n) is 12.5. The molecule has 3 rings (SSSR count). The minimum absolute atomic E-state index is 0.0806. The molecule has 1 N–H and O–H groups in total. The Labute approximate surface area is 218 Å². The fourth-order valence-corrected chi connectivity index (χ4v) is 4.28. The van der Waals surface area contributed by atoms with Crippen LogP contribution in [0, 0.1) is 5.92 Å². The predicted octanol–water partition coefficient (Wildman–Crippen LogP) is 3.91. The van der Waals surface area contributed by atoms with Gasteiger partial charge in [-0.15, -0.1) is 0 Å². The fourth-order valence-electron chi connectivity index (χ4n) is 4.28. The largest absolute Gasteiger partial charge is 0.465 e. The van der Waals surface area contributed by atoms with Crippen molar-refractivity contribution in [2.75, 3.05) is 38.8 Å². The molecule has 1 amide bonds. The van der Waals surface area contributed by atoms with E-state index in [4.69, 9.17) is 14.2 Å². The average molecular weight is 512 g/mol. The molecule has 2 aliphatic rings. The van der Waals surface area contributed by atoms with Gasteiger partial charge in [-0.3, -0.25) is 0 Å². The number of benzene rings is 1. The third-order valence-electron chi connectivity index (χ3n) is 6.04. The van der Waals surface area contributed by atoms with Crippen LogP contribution < -0.4 is 10.2 Å². The van der Waals surface area contributed by atoms with E-state index in [1.54, 1.807) is 28.2 Å². The lowest BCUT2D eigenvalue weighted by atomic mass is 9.98. The molecule has 9 nitrogen and oxygen atoms in total. The molecule has 2 heterocycles. The summed E-state index contributed by atoms with van der Waals surface area (Å²) >= 11 is 0. The summed E-state index contributed by atoms with van der Waals surface area (Å²) in [5, 5.41) is 3.49. The highest BCUT2D eigenvalue weighted by Crippen LogP contribution is 2.27. The molecule has 1 aromatic rings. The van der Waals surface area contributed by atoms with Gasteiger partial charge in [-0.1, -0.05) is 18.2 Å². The second kappa shape index (κ2) is 12.6. The molecule has 200 valence electrons. The van der Waals surface area contributed by atoms with Crippen LogP contribution in [-0.2, 0) is 30.3 Å². The van der Waals surface area contributed by atoms with E-state index >= 15 is 0 Å². The van der Waals surface area contributed by atoms with E-state index in [-0.39, 0.29) is 17.4 Å². The average Bonchev–Trinajstić information content (AvgIpc) is 3.10. The first-order valence-corrected chi connectivity index (χ1v) is 12.5. The minimum atomic E-state index is -0.643. The van der Waals surface area contributed by atoms with Crippen LogP contribution in [0.4, 0.5) is 10.5 Å². The smallest absolute Gasteiger partial charge is 0.410 e. The Morgan fingerprint density at radius 2 is 1.73 bits per heavy atom. The SMILES string of the molecule is COC(=O)C1=C(C(=O)OC)N(c2ccc(CNCC3CCCN(C(=O)OC(C)(C)C)C3)cc2)C=CC=C1. The molecular weight excluding hydrogens is 474 g/mol. The third kappa shape index (κ3) is 7.69. The zero-order valence-corrected chi connectivity index (χ0v) is 22.3. The molecule has 1 aromatic carbocycles. The number of hydrogen-bond donors (Lipinski definition) is 1. The van der Waals surface area contributed by atoms with Gasteiger partial charge in [0.1, 0.15) is 11.3 Å². The van der Waals surface area contributed by atoms with Crippen molar-refractivity contribution >= 4 is 23.7 Å². The Morgan fingerprint density at radius 1 is 1.03 bits per heavy atom. The van der Waals surface area contributed by atoms with Crippen molar-refractivity contribution in [1.82, 2.24) is 10.2 Å². The Bertz CT molecular complexity index is 1070. The molecule has 1 fully saturated rings. The number of nitrogens with one attached hydrogen (secondary N) is 1. The number of likely N-dealkylation sites (tertiary alicyclic amines) is 1. The van der Waals surface area contributed by atoms with E-state index in [1.807, 2.05) is 45.0 Å². The molecule has 2 aliphatic heterocycles. The molecule has 0 saturated carbocycles. The topological polar surface area (TPSA) is 97.4 Å². The highest BCUT2D eigenvalue weighted by Gasteiger charge is 2.28. The molecule has 1 atom stereocenters. The molecule has 1 saturated heterocycles. The summed E-state index contributed by atoms with van der Waals surface area (Å²) in [6, 6.07) is 7.70. The van der Waals surface area contributed by atoms with Crippen molar-refractivity contribution in [2.24, 2.45) is 5.92 Å². The highest BCUT2D eigenvalue weighted by molar-refractivity contribution is 6.05. The van der Waals surface area contributed by atoms with E-state index in [0.29, 0.717) is 24.7 Å². The Balaban J connectivity index is 1.62. The second-order valence-corrected chi connectivity index (χ2v) is 10.0. The fraction of sp³-hybridized carbons (Fsp3) is 0.464. The number of carbonyl (C=O) groups is 3. The van der Waals surface area contributed by atoms with Crippen molar-refractivity contribution in [1.29, 1.82) is 0 Å². The second-order valence-electron chi connectivity index (χ2n) is 10.0. The molecule has 0 aromatic heterocycles. The number of hydrogen-bond acceptors (Lipinski definition) is 8. The zero-order valence-electron chi connectivity index (χ0n) is 22.3. The number of amides is 1. The van der Waals surface area contributed by atoms with Gasteiger partial charge in [-0.2, -0.15) is 0 Å². The van der Waals surface area contributed by atoms with Gasteiger partial charge in [0, 0.05) is 31.5 Å². The van der Waals surface area contributed by atoms with Gasteiger partial charge in [0.25, 0.3) is 0 Å². The van der Waals surface area contributed by atoms with E-state index in [0.717, 1.165) is 31.5 Å². The summed E-state index contributed by atoms with van der Waals surface area (Å²) in [5.41, 5.74) is 1.46. The lowest BCUT2D eigenvalue weighted by Crippen LogP contribution is -2.44. The van der Waals surface area contributed by atoms with Gasteiger partial charge in [0.2, 0.25) is 0 Å². The van der Waals surface area contributed by atoms with E-state index in [2.05, 4.69) is 5.32 Å². The Hall–Kier alpha value is -3.59. The summed E-state index contributed by atoms with van der Waals surface area (Å²) in [7, 11) is 2.54. The van der Waals surface area contributed by atoms with Crippen LogP contribution in [0.2, 0.25) is 0 Å². The quantitative estimate of drug-likeness (QED) is 0.435. The number of ether oxygens (including phenoxy) is 3. The maximum atomic E-state index is 12.6. The molecule has 0 radical (unpaired) electrons. The third-order valence-corrected chi connectivity index (χ3v) is 6.04. The number of esters is 2. The molecule has 1 unspecified atom stereocenters. The van der Waals surface area contributed by atoms with E-state index < -0.39 is 17.5 Å². The molecule has 37 heavy (non-hydrogen) atoms. The van der Waals surface area contributed by atoms with Crippen molar-refractivity contribution < 1.29 is 28.6 Å². The van der Waals surface area contributed by atoms with Gasteiger partial charge < -0.3 is 29.3 Å². The van der Waals surface area contributed by atoms with Gasteiger partial charge >= 0.3 is 18.0 Å². The summed E-state index contributed by atoms with van der Waals surface area (Å²) in [4.78, 5) is 40.7. The number of piperidine rings is 1. The van der Waals surface area contributed by atoms with Crippen molar-refractivity contribution in [2.45, 2.75) is 45.8 Å². The predicted molar refractivity (Wildman–Crippen MR) is 140 cm³/mol. The van der Waals surface area contributed by atoms with Gasteiger partial charge in [0.05, 0.1) is 19.8 Å². The Morgan fingerprint density at radius 3 is 2.38 bits per heavy atom. The lowest BCUT2D eigenvalue weighted by molar-refractivity contribution is -0.139. The summed E-state index contributed by atoms with van der Waals surface area (Å²) in [5.74, 6) is -0.908.